The lowest BCUT2D eigenvalue weighted by Gasteiger charge is -2.20. The Morgan fingerprint density at radius 3 is 2.47 bits per heavy atom. The highest BCUT2D eigenvalue weighted by Crippen LogP contribution is 2.19. The first-order chi connectivity index (χ1) is 8.26. The van der Waals surface area contributed by atoms with E-state index < -0.39 is 32.0 Å². The van der Waals surface area contributed by atoms with Crippen LogP contribution in [0.15, 0.2) is 30.3 Å². The summed E-state index contributed by atoms with van der Waals surface area (Å²) in [5, 5.41) is 27.6. The van der Waals surface area contributed by atoms with E-state index in [0.29, 0.717) is 0 Å². The summed E-state index contributed by atoms with van der Waals surface area (Å²) in [5.41, 5.74) is 0.818. The Balaban J connectivity index is 2.09. The molecule has 0 radical (unpaired) electrons. The van der Waals surface area contributed by atoms with Crippen molar-refractivity contribution >= 4 is 12.6 Å². The van der Waals surface area contributed by atoms with Gasteiger partial charge >= 0.3 is 7.12 Å². The highest BCUT2D eigenvalue weighted by atomic mass is 16.7. The number of hydrogen-bond donors (Lipinski definition) is 3. The minimum Gasteiger partial charge on any atom is -0.399 e. The van der Waals surface area contributed by atoms with Gasteiger partial charge in [-0.25, -0.2) is 0 Å². The fourth-order valence-electron chi connectivity index (χ4n) is 1.86. The minimum absolute atomic E-state index is 0.259. The molecular weight excluding hydrogens is 223 g/mol. The molecule has 1 fully saturated rings. The van der Waals surface area contributed by atoms with Crippen LogP contribution in [0.5, 0.6) is 0 Å². The van der Waals surface area contributed by atoms with Crippen molar-refractivity contribution in [3.8, 4) is 0 Å². The predicted molar refractivity (Wildman–Crippen MR) is 61.8 cm³/mol. The molecule has 1 aromatic carbocycles. The summed E-state index contributed by atoms with van der Waals surface area (Å²) in [5.74, 6) is 0. The van der Waals surface area contributed by atoms with Gasteiger partial charge in [0.05, 0.1) is 25.4 Å². The molecule has 17 heavy (non-hydrogen) atoms. The molecule has 1 heterocycles. The van der Waals surface area contributed by atoms with Crippen LogP contribution in [0.1, 0.15) is 0 Å². The molecule has 0 amide bonds. The third-order valence-corrected chi connectivity index (χ3v) is 2.76. The lowest BCUT2D eigenvalue weighted by molar-refractivity contribution is -0.0266. The molecule has 5 nitrogen and oxygen atoms in total. The van der Waals surface area contributed by atoms with Crippen LogP contribution in [0.4, 0.5) is 0 Å². The highest BCUT2D eigenvalue weighted by Gasteiger charge is 2.43. The summed E-state index contributed by atoms with van der Waals surface area (Å²) in [6.07, 6.45) is -2.39. The average Bonchev–Trinajstić information content (AvgIpc) is 2.83. The summed E-state index contributed by atoms with van der Waals surface area (Å²) in [6, 6.07) is 9.26. The first-order valence-corrected chi connectivity index (χ1v) is 5.52. The average molecular weight is 238 g/mol. The largest absolute Gasteiger partial charge is 0.494 e. The molecular formula is C11H15BO5. The first kappa shape index (κ1) is 12.5. The fraction of sp³-hybridized carbons (Fsp3) is 0.455. The zero-order valence-corrected chi connectivity index (χ0v) is 9.27. The van der Waals surface area contributed by atoms with E-state index in [1.807, 2.05) is 30.3 Å². The molecule has 0 unspecified atom stereocenters. The SMILES string of the molecule is OC[C@@H](O)[C@@H]1OB(c2ccccc2)O[C@H]1CO. The third kappa shape index (κ3) is 2.67. The van der Waals surface area contributed by atoms with Gasteiger partial charge in [-0.05, 0) is 5.46 Å². The molecule has 92 valence electrons. The molecule has 0 saturated carbocycles. The summed E-state index contributed by atoms with van der Waals surface area (Å²) in [6.45, 7) is -0.683. The van der Waals surface area contributed by atoms with E-state index in [1.165, 1.54) is 0 Å². The molecule has 0 aromatic heterocycles. The van der Waals surface area contributed by atoms with E-state index >= 15 is 0 Å². The molecule has 3 atom stereocenters. The number of hydrogen-bond acceptors (Lipinski definition) is 5. The number of rotatable bonds is 4. The van der Waals surface area contributed by atoms with Crippen molar-refractivity contribution in [2.45, 2.75) is 18.3 Å². The maximum absolute atomic E-state index is 9.56. The summed E-state index contributed by atoms with van der Waals surface area (Å²) >= 11 is 0. The maximum Gasteiger partial charge on any atom is 0.494 e. The monoisotopic (exact) mass is 238 g/mol. The first-order valence-electron chi connectivity index (χ1n) is 5.52. The number of benzene rings is 1. The molecule has 0 spiro atoms. The summed E-state index contributed by atoms with van der Waals surface area (Å²) in [4.78, 5) is 0. The highest BCUT2D eigenvalue weighted by molar-refractivity contribution is 6.61. The van der Waals surface area contributed by atoms with Gasteiger partial charge in [0, 0.05) is 0 Å². The van der Waals surface area contributed by atoms with Crippen molar-refractivity contribution in [1.29, 1.82) is 0 Å². The Morgan fingerprint density at radius 2 is 1.88 bits per heavy atom. The Hall–Kier alpha value is -0.915. The summed E-state index contributed by atoms with van der Waals surface area (Å²) < 4.78 is 11.0. The van der Waals surface area contributed by atoms with Crippen molar-refractivity contribution in [2.75, 3.05) is 13.2 Å². The lowest BCUT2D eigenvalue weighted by atomic mass is 9.79. The summed E-state index contributed by atoms with van der Waals surface area (Å²) in [7, 11) is -0.612. The van der Waals surface area contributed by atoms with Gasteiger partial charge in [0.1, 0.15) is 6.10 Å². The van der Waals surface area contributed by atoms with Gasteiger partial charge in [-0.3, -0.25) is 0 Å². The van der Waals surface area contributed by atoms with Gasteiger partial charge in [0.15, 0.2) is 0 Å². The number of aliphatic hydroxyl groups excluding tert-OH is 3. The van der Waals surface area contributed by atoms with E-state index in [0.717, 1.165) is 5.46 Å². The van der Waals surface area contributed by atoms with Gasteiger partial charge in [-0.2, -0.15) is 0 Å². The zero-order chi connectivity index (χ0) is 12.3. The van der Waals surface area contributed by atoms with Crippen molar-refractivity contribution in [1.82, 2.24) is 0 Å². The van der Waals surface area contributed by atoms with E-state index in [2.05, 4.69) is 0 Å². The van der Waals surface area contributed by atoms with Crippen molar-refractivity contribution < 1.29 is 24.6 Å². The topological polar surface area (TPSA) is 79.2 Å². The van der Waals surface area contributed by atoms with Crippen molar-refractivity contribution in [2.24, 2.45) is 0 Å². The molecule has 1 aromatic rings. The van der Waals surface area contributed by atoms with Gasteiger partial charge < -0.3 is 24.6 Å². The predicted octanol–water partition coefficient (Wildman–Crippen LogP) is -1.49. The quantitative estimate of drug-likeness (QED) is 0.557. The van der Waals surface area contributed by atoms with Gasteiger partial charge in [-0.1, -0.05) is 30.3 Å². The van der Waals surface area contributed by atoms with E-state index in [4.69, 9.17) is 19.5 Å². The zero-order valence-electron chi connectivity index (χ0n) is 9.27. The molecule has 1 saturated heterocycles. The van der Waals surface area contributed by atoms with Crippen LogP contribution < -0.4 is 5.46 Å². The van der Waals surface area contributed by atoms with Crippen molar-refractivity contribution in [3.05, 3.63) is 30.3 Å². The van der Waals surface area contributed by atoms with Crippen LogP contribution in [-0.4, -0.2) is 54.0 Å². The molecule has 6 heteroatoms. The second-order valence-electron chi connectivity index (χ2n) is 3.95. The van der Waals surface area contributed by atoms with E-state index in [1.54, 1.807) is 0 Å². The Labute approximate surface area is 99.8 Å². The van der Waals surface area contributed by atoms with Crippen LogP contribution in [-0.2, 0) is 9.31 Å². The third-order valence-electron chi connectivity index (χ3n) is 2.76. The molecule has 3 N–H and O–H groups in total. The minimum atomic E-state index is -1.05. The van der Waals surface area contributed by atoms with Crippen LogP contribution in [0.25, 0.3) is 0 Å². The Morgan fingerprint density at radius 1 is 1.18 bits per heavy atom. The smallest absolute Gasteiger partial charge is 0.399 e. The Kier molecular flexibility index (Phi) is 4.14. The molecule has 1 aliphatic rings. The molecule has 2 rings (SSSR count). The second-order valence-corrected chi connectivity index (χ2v) is 3.95. The fourth-order valence-corrected chi connectivity index (χ4v) is 1.86. The van der Waals surface area contributed by atoms with Crippen LogP contribution in [0.3, 0.4) is 0 Å². The molecule has 1 aliphatic heterocycles. The maximum atomic E-state index is 9.56. The van der Waals surface area contributed by atoms with Gasteiger partial charge in [0.25, 0.3) is 0 Å². The number of aliphatic hydroxyl groups is 3. The van der Waals surface area contributed by atoms with Crippen LogP contribution in [0.2, 0.25) is 0 Å². The van der Waals surface area contributed by atoms with Gasteiger partial charge in [-0.15, -0.1) is 0 Å². The van der Waals surface area contributed by atoms with Gasteiger partial charge in [0.2, 0.25) is 0 Å². The molecule has 0 bridgehead atoms. The van der Waals surface area contributed by atoms with Crippen molar-refractivity contribution in [3.63, 3.8) is 0 Å². The van der Waals surface area contributed by atoms with Crippen LogP contribution in [0, 0.1) is 0 Å². The standard InChI is InChI=1S/C11H15BO5/c13-6-9(15)11-10(7-14)16-12(17-11)8-4-2-1-3-5-8/h1-5,9-11,13-15H,6-7H2/t9-,10+,11+/m1/s1. The van der Waals surface area contributed by atoms with E-state index in [-0.39, 0.29) is 6.61 Å². The van der Waals surface area contributed by atoms with E-state index in [9.17, 15) is 5.11 Å². The normalized spacial score (nSPS) is 26.2. The Bertz CT molecular complexity index is 347. The lowest BCUT2D eigenvalue weighted by Crippen LogP contribution is -2.39. The second kappa shape index (κ2) is 5.62. The molecule has 0 aliphatic carbocycles. The van der Waals surface area contributed by atoms with Crippen LogP contribution >= 0.6 is 0 Å².